The molecule has 3 amide bonds. The van der Waals surface area contributed by atoms with Gasteiger partial charge in [-0.2, -0.15) is 0 Å². The first-order valence-electron chi connectivity index (χ1n) is 12.2. The predicted molar refractivity (Wildman–Crippen MR) is 131 cm³/mol. The van der Waals surface area contributed by atoms with Crippen LogP contribution < -0.4 is 11.1 Å². The van der Waals surface area contributed by atoms with Gasteiger partial charge in [-0.15, -0.1) is 0 Å². The van der Waals surface area contributed by atoms with Gasteiger partial charge in [-0.3, -0.25) is 14.6 Å². The van der Waals surface area contributed by atoms with Crippen LogP contribution in [0.2, 0.25) is 0 Å². The fraction of sp³-hybridized carbons (Fsp3) is 0.462. The number of nitrogens with two attached hydrogens (primary N) is 1. The maximum absolute atomic E-state index is 13.2. The molecule has 1 saturated carbocycles. The van der Waals surface area contributed by atoms with Crippen LogP contribution in [0.25, 0.3) is 0 Å². The van der Waals surface area contributed by atoms with Gasteiger partial charge in [-0.25, -0.2) is 4.79 Å². The molecular formula is C26H34N4O6. The summed E-state index contributed by atoms with van der Waals surface area (Å²) in [4.78, 5) is 42.7. The highest BCUT2D eigenvalue weighted by Gasteiger charge is 2.34. The van der Waals surface area contributed by atoms with Crippen molar-refractivity contribution in [3.63, 3.8) is 0 Å². The summed E-state index contributed by atoms with van der Waals surface area (Å²) in [6.07, 6.45) is 5.98. The summed E-state index contributed by atoms with van der Waals surface area (Å²) in [5, 5.41) is 20.9. The first-order chi connectivity index (χ1) is 17.4. The van der Waals surface area contributed by atoms with Crippen molar-refractivity contribution in [2.24, 2.45) is 11.7 Å². The van der Waals surface area contributed by atoms with E-state index in [-0.39, 0.29) is 50.7 Å². The van der Waals surface area contributed by atoms with E-state index in [1.165, 1.54) is 11.1 Å². The topological polar surface area (TPSA) is 155 Å². The number of pyridine rings is 1. The zero-order valence-corrected chi connectivity index (χ0v) is 20.2. The van der Waals surface area contributed by atoms with Crippen molar-refractivity contribution in [2.45, 2.75) is 44.2 Å². The standard InChI is InChI=1S/C26H34N4O6/c27-24(33)23(20-4-3-11-28-16-20)29-25(34)22-6-2-1-5-21(22)19-9-7-18(8-10-19)17-36-26(35)30(12-14-31)13-15-32/h3-4,7-11,16,21-23,31-32H,1-2,5-6,12-15,17H2,(H2,27,33)(H,29,34). The molecule has 0 spiro atoms. The number of hydrogen-bond donors (Lipinski definition) is 4. The number of carbonyl (C=O) groups is 3. The number of ether oxygens (including phenoxy) is 1. The van der Waals surface area contributed by atoms with E-state index in [4.69, 9.17) is 20.7 Å². The van der Waals surface area contributed by atoms with Crippen molar-refractivity contribution >= 4 is 17.9 Å². The van der Waals surface area contributed by atoms with Crippen LogP contribution >= 0.6 is 0 Å². The third-order valence-corrected chi connectivity index (χ3v) is 6.46. The summed E-state index contributed by atoms with van der Waals surface area (Å²) in [6.45, 7) is -0.223. The van der Waals surface area contributed by atoms with Gasteiger partial charge in [0.1, 0.15) is 12.6 Å². The summed E-state index contributed by atoms with van der Waals surface area (Å²) in [6, 6.07) is 10.0. The fourth-order valence-corrected chi connectivity index (χ4v) is 4.59. The van der Waals surface area contributed by atoms with Gasteiger partial charge in [0, 0.05) is 37.0 Å². The van der Waals surface area contributed by atoms with Gasteiger partial charge in [-0.1, -0.05) is 43.2 Å². The summed E-state index contributed by atoms with van der Waals surface area (Å²) >= 11 is 0. The summed E-state index contributed by atoms with van der Waals surface area (Å²) in [7, 11) is 0. The summed E-state index contributed by atoms with van der Waals surface area (Å²) in [5.41, 5.74) is 7.89. The fourth-order valence-electron chi connectivity index (χ4n) is 4.59. The normalized spacial score (nSPS) is 18.2. The Labute approximate surface area is 210 Å². The second-order valence-corrected chi connectivity index (χ2v) is 8.86. The van der Waals surface area contributed by atoms with Crippen LogP contribution in [0.15, 0.2) is 48.8 Å². The Morgan fingerprint density at radius 3 is 2.39 bits per heavy atom. The van der Waals surface area contributed by atoms with E-state index in [0.717, 1.165) is 30.4 Å². The average Bonchev–Trinajstić information content (AvgIpc) is 2.90. The van der Waals surface area contributed by atoms with Gasteiger partial charge in [-0.05, 0) is 36.0 Å². The number of primary amides is 1. The molecule has 1 fully saturated rings. The number of rotatable bonds is 11. The highest BCUT2D eigenvalue weighted by atomic mass is 16.6. The quantitative estimate of drug-likeness (QED) is 0.367. The van der Waals surface area contributed by atoms with Crippen molar-refractivity contribution in [1.29, 1.82) is 0 Å². The molecule has 1 aromatic carbocycles. The number of nitrogens with zero attached hydrogens (tertiary/aromatic N) is 2. The highest BCUT2D eigenvalue weighted by Crippen LogP contribution is 2.38. The molecule has 1 aliphatic carbocycles. The molecule has 3 atom stereocenters. The van der Waals surface area contributed by atoms with Gasteiger partial charge in [0.2, 0.25) is 11.8 Å². The van der Waals surface area contributed by atoms with Gasteiger partial charge in [0.25, 0.3) is 0 Å². The minimum atomic E-state index is -0.943. The molecule has 0 radical (unpaired) electrons. The Hall–Kier alpha value is -3.50. The molecular weight excluding hydrogens is 464 g/mol. The van der Waals surface area contributed by atoms with Crippen LogP contribution in [0.1, 0.15) is 54.3 Å². The molecule has 3 rings (SSSR count). The Morgan fingerprint density at radius 1 is 1.08 bits per heavy atom. The van der Waals surface area contributed by atoms with Crippen molar-refractivity contribution < 1.29 is 29.3 Å². The molecule has 1 aromatic heterocycles. The highest BCUT2D eigenvalue weighted by molar-refractivity contribution is 5.88. The van der Waals surface area contributed by atoms with Crippen LogP contribution in [-0.4, -0.2) is 64.3 Å². The maximum Gasteiger partial charge on any atom is 0.410 e. The molecule has 5 N–H and O–H groups in total. The zero-order chi connectivity index (χ0) is 25.9. The van der Waals surface area contributed by atoms with Crippen LogP contribution in [0.3, 0.4) is 0 Å². The SMILES string of the molecule is NC(=O)C(NC(=O)C1CCCCC1c1ccc(COC(=O)N(CCO)CCO)cc1)c1cccnc1. The Morgan fingerprint density at radius 2 is 1.78 bits per heavy atom. The van der Waals surface area contributed by atoms with Gasteiger partial charge < -0.3 is 30.9 Å². The Bertz CT molecular complexity index is 995. The van der Waals surface area contributed by atoms with Crippen molar-refractivity contribution in [3.8, 4) is 0 Å². The molecule has 3 unspecified atom stereocenters. The van der Waals surface area contributed by atoms with Crippen LogP contribution in [0.4, 0.5) is 4.79 Å². The number of carbonyl (C=O) groups excluding carboxylic acids is 3. The molecule has 0 bridgehead atoms. The van der Waals surface area contributed by atoms with E-state index >= 15 is 0 Å². The van der Waals surface area contributed by atoms with E-state index < -0.39 is 18.0 Å². The molecule has 0 aliphatic heterocycles. The van der Waals surface area contributed by atoms with Crippen LogP contribution in [-0.2, 0) is 20.9 Å². The summed E-state index contributed by atoms with van der Waals surface area (Å²) < 4.78 is 5.30. The number of aliphatic hydroxyl groups excluding tert-OH is 2. The van der Waals surface area contributed by atoms with E-state index in [1.807, 2.05) is 24.3 Å². The molecule has 36 heavy (non-hydrogen) atoms. The van der Waals surface area contributed by atoms with Gasteiger partial charge >= 0.3 is 6.09 Å². The molecule has 10 nitrogen and oxygen atoms in total. The minimum absolute atomic E-state index is 0.0117. The third-order valence-electron chi connectivity index (χ3n) is 6.46. The van der Waals surface area contributed by atoms with E-state index in [0.29, 0.717) is 12.0 Å². The lowest BCUT2D eigenvalue weighted by molar-refractivity contribution is -0.131. The summed E-state index contributed by atoms with van der Waals surface area (Å²) in [5.74, 6) is -1.16. The molecule has 10 heteroatoms. The number of hydrogen-bond acceptors (Lipinski definition) is 7. The second-order valence-electron chi connectivity index (χ2n) is 8.86. The largest absolute Gasteiger partial charge is 0.445 e. The van der Waals surface area contributed by atoms with Crippen LogP contribution in [0, 0.1) is 5.92 Å². The molecule has 0 saturated heterocycles. The number of aromatic nitrogens is 1. The molecule has 194 valence electrons. The van der Waals surface area contributed by atoms with E-state index in [2.05, 4.69) is 10.3 Å². The smallest absolute Gasteiger partial charge is 0.410 e. The van der Waals surface area contributed by atoms with Crippen molar-refractivity contribution in [2.75, 3.05) is 26.3 Å². The predicted octanol–water partition coefficient (Wildman–Crippen LogP) is 1.62. The number of nitrogens with one attached hydrogen (secondary N) is 1. The van der Waals surface area contributed by atoms with Gasteiger partial charge in [0.05, 0.1) is 13.2 Å². The zero-order valence-electron chi connectivity index (χ0n) is 20.2. The lowest BCUT2D eigenvalue weighted by atomic mass is 9.74. The Balaban J connectivity index is 1.65. The second kappa shape index (κ2) is 13.6. The van der Waals surface area contributed by atoms with E-state index in [1.54, 1.807) is 18.3 Å². The third kappa shape index (κ3) is 7.25. The molecule has 2 aromatic rings. The molecule has 1 aliphatic rings. The number of benzene rings is 1. The number of aliphatic hydroxyl groups is 2. The van der Waals surface area contributed by atoms with Crippen molar-refractivity contribution in [3.05, 3.63) is 65.5 Å². The minimum Gasteiger partial charge on any atom is -0.445 e. The number of amides is 3. The maximum atomic E-state index is 13.2. The van der Waals surface area contributed by atoms with Crippen molar-refractivity contribution in [1.82, 2.24) is 15.2 Å². The molecule has 1 heterocycles. The average molecular weight is 499 g/mol. The first-order valence-corrected chi connectivity index (χ1v) is 12.2. The monoisotopic (exact) mass is 498 g/mol. The first kappa shape index (κ1) is 27.1. The van der Waals surface area contributed by atoms with E-state index in [9.17, 15) is 14.4 Å². The lowest BCUT2D eigenvalue weighted by Gasteiger charge is -2.32. The lowest BCUT2D eigenvalue weighted by Crippen LogP contribution is -2.42. The van der Waals surface area contributed by atoms with Gasteiger partial charge in [0.15, 0.2) is 0 Å². The Kier molecular flexibility index (Phi) is 10.2. The van der Waals surface area contributed by atoms with Crippen LogP contribution in [0.5, 0.6) is 0 Å².